The highest BCUT2D eigenvalue weighted by Crippen LogP contribution is 2.24. The van der Waals surface area contributed by atoms with Gasteiger partial charge in [-0.15, -0.1) is 0 Å². The Hall–Kier alpha value is -1.82. The minimum absolute atomic E-state index is 0.00303. The first kappa shape index (κ1) is 15.6. The van der Waals surface area contributed by atoms with Crippen molar-refractivity contribution in [2.24, 2.45) is 0 Å². The van der Waals surface area contributed by atoms with Crippen LogP contribution < -0.4 is 4.74 Å². The Morgan fingerprint density at radius 3 is 2.76 bits per heavy atom. The van der Waals surface area contributed by atoms with Crippen LogP contribution in [0.2, 0.25) is 0 Å². The van der Waals surface area contributed by atoms with Crippen LogP contribution in [-0.2, 0) is 17.8 Å². The molecule has 1 aromatic carbocycles. The summed E-state index contributed by atoms with van der Waals surface area (Å²) in [4.78, 5) is 10.9. The lowest BCUT2D eigenvalue weighted by atomic mass is 10.1. The van der Waals surface area contributed by atoms with Crippen molar-refractivity contribution in [3.05, 3.63) is 45.2 Å². The molecule has 0 saturated carbocycles. The second-order valence-electron chi connectivity index (χ2n) is 4.83. The van der Waals surface area contributed by atoms with Crippen molar-refractivity contribution >= 4 is 21.9 Å². The van der Waals surface area contributed by atoms with Crippen molar-refractivity contribution in [2.45, 2.75) is 26.8 Å². The van der Waals surface area contributed by atoms with Crippen LogP contribution >= 0.6 is 15.9 Å². The van der Waals surface area contributed by atoms with Crippen LogP contribution in [0.5, 0.6) is 5.75 Å². The zero-order chi connectivity index (χ0) is 15.6. The molecule has 0 saturated heterocycles. The minimum Gasteiger partial charge on any atom is -0.497 e. The maximum atomic E-state index is 10.9. The fourth-order valence-corrected chi connectivity index (χ4v) is 2.63. The molecule has 1 aromatic heterocycles. The van der Waals surface area contributed by atoms with E-state index in [0.29, 0.717) is 6.54 Å². The smallest absolute Gasteiger partial charge is 0.307 e. The maximum absolute atomic E-state index is 10.9. The van der Waals surface area contributed by atoms with Gasteiger partial charge in [0.15, 0.2) is 0 Å². The van der Waals surface area contributed by atoms with Gasteiger partial charge in [-0.25, -0.2) is 0 Å². The lowest BCUT2D eigenvalue weighted by Gasteiger charge is -2.09. The van der Waals surface area contributed by atoms with Gasteiger partial charge in [0.25, 0.3) is 0 Å². The molecular weight excluding hydrogens is 336 g/mol. The maximum Gasteiger partial charge on any atom is 0.307 e. The number of carboxylic acid groups (broad SMARTS) is 1. The van der Waals surface area contributed by atoms with E-state index in [1.165, 1.54) is 0 Å². The molecule has 0 bridgehead atoms. The number of aromatic nitrogens is 2. The molecule has 6 heteroatoms. The number of halogens is 1. The van der Waals surface area contributed by atoms with Gasteiger partial charge in [0.05, 0.1) is 25.8 Å². The first-order valence-corrected chi connectivity index (χ1v) is 7.28. The molecule has 0 radical (unpaired) electrons. The largest absolute Gasteiger partial charge is 0.497 e. The van der Waals surface area contributed by atoms with Gasteiger partial charge in [0.1, 0.15) is 5.75 Å². The number of hydrogen-bond acceptors (Lipinski definition) is 3. The van der Waals surface area contributed by atoms with Crippen LogP contribution in [0.3, 0.4) is 0 Å². The van der Waals surface area contributed by atoms with Crippen LogP contribution in [0.15, 0.2) is 22.7 Å². The highest BCUT2D eigenvalue weighted by molar-refractivity contribution is 9.10. The second-order valence-corrected chi connectivity index (χ2v) is 5.69. The highest BCUT2D eigenvalue weighted by Gasteiger charge is 2.15. The molecule has 5 nitrogen and oxygen atoms in total. The Morgan fingerprint density at radius 1 is 1.43 bits per heavy atom. The van der Waals surface area contributed by atoms with Gasteiger partial charge in [-0.1, -0.05) is 15.9 Å². The number of ether oxygens (including phenoxy) is 1. The molecule has 0 amide bonds. The molecule has 21 heavy (non-hydrogen) atoms. The van der Waals surface area contributed by atoms with E-state index in [2.05, 4.69) is 21.0 Å². The zero-order valence-corrected chi connectivity index (χ0v) is 13.8. The summed E-state index contributed by atoms with van der Waals surface area (Å²) < 4.78 is 8.03. The molecule has 0 spiro atoms. The second kappa shape index (κ2) is 6.30. The van der Waals surface area contributed by atoms with Crippen LogP contribution in [0.4, 0.5) is 0 Å². The van der Waals surface area contributed by atoms with Crippen LogP contribution in [0.25, 0.3) is 0 Å². The number of aryl methyl sites for hydroxylation is 1. The lowest BCUT2D eigenvalue weighted by Crippen LogP contribution is -2.06. The van der Waals surface area contributed by atoms with Gasteiger partial charge in [0.2, 0.25) is 0 Å². The predicted molar refractivity (Wildman–Crippen MR) is 82.8 cm³/mol. The van der Waals surface area contributed by atoms with Crippen LogP contribution in [0.1, 0.15) is 22.5 Å². The van der Waals surface area contributed by atoms with E-state index in [0.717, 1.165) is 32.7 Å². The van der Waals surface area contributed by atoms with Crippen molar-refractivity contribution in [3.8, 4) is 5.75 Å². The van der Waals surface area contributed by atoms with E-state index < -0.39 is 5.97 Å². The summed E-state index contributed by atoms with van der Waals surface area (Å²) in [7, 11) is 1.63. The fourth-order valence-electron chi connectivity index (χ4n) is 2.26. The molecule has 2 rings (SSSR count). The summed E-state index contributed by atoms with van der Waals surface area (Å²) >= 11 is 3.52. The molecule has 112 valence electrons. The Balaban J connectivity index is 2.34. The van der Waals surface area contributed by atoms with E-state index >= 15 is 0 Å². The van der Waals surface area contributed by atoms with Crippen molar-refractivity contribution in [2.75, 3.05) is 7.11 Å². The highest BCUT2D eigenvalue weighted by atomic mass is 79.9. The Morgan fingerprint density at radius 2 is 2.14 bits per heavy atom. The quantitative estimate of drug-likeness (QED) is 0.898. The standard InChI is InChI=1S/C15H17BrN2O3/c1-9-13(7-15(19)20)10(2)18(17-9)8-11-6-12(21-3)4-5-14(11)16/h4-6H,7-8H2,1-3H3,(H,19,20). The molecule has 0 unspecified atom stereocenters. The molecule has 1 N–H and O–H groups in total. The number of carbonyl (C=O) groups is 1. The SMILES string of the molecule is COc1ccc(Br)c(Cn2nc(C)c(CC(=O)O)c2C)c1. The third kappa shape index (κ3) is 3.44. The third-order valence-electron chi connectivity index (χ3n) is 3.43. The van der Waals surface area contributed by atoms with Crippen molar-refractivity contribution in [1.82, 2.24) is 9.78 Å². The minimum atomic E-state index is -0.844. The van der Waals surface area contributed by atoms with Crippen molar-refractivity contribution < 1.29 is 14.6 Å². The fraction of sp³-hybridized carbons (Fsp3) is 0.333. The van der Waals surface area contributed by atoms with Gasteiger partial charge >= 0.3 is 5.97 Å². The number of nitrogens with zero attached hydrogens (tertiary/aromatic N) is 2. The summed E-state index contributed by atoms with van der Waals surface area (Å²) in [5.41, 5.74) is 3.45. The summed E-state index contributed by atoms with van der Waals surface area (Å²) in [5, 5.41) is 13.4. The first-order valence-electron chi connectivity index (χ1n) is 6.49. The van der Waals surface area contributed by atoms with Gasteiger partial charge < -0.3 is 9.84 Å². The van der Waals surface area contributed by atoms with Crippen molar-refractivity contribution in [3.63, 3.8) is 0 Å². The van der Waals surface area contributed by atoms with Crippen LogP contribution in [0, 0.1) is 13.8 Å². The zero-order valence-electron chi connectivity index (χ0n) is 12.2. The number of hydrogen-bond donors (Lipinski definition) is 1. The Kier molecular flexibility index (Phi) is 4.67. The van der Waals surface area contributed by atoms with E-state index in [1.54, 1.807) is 7.11 Å². The van der Waals surface area contributed by atoms with Gasteiger partial charge in [-0.3, -0.25) is 9.48 Å². The molecule has 0 fully saturated rings. The van der Waals surface area contributed by atoms with E-state index in [9.17, 15) is 4.79 Å². The summed E-state index contributed by atoms with van der Waals surface area (Å²) in [6.07, 6.45) is -0.00303. The first-order chi connectivity index (χ1) is 9.92. The molecule has 0 aliphatic heterocycles. The lowest BCUT2D eigenvalue weighted by molar-refractivity contribution is -0.136. The van der Waals surface area contributed by atoms with Gasteiger partial charge in [0, 0.05) is 15.7 Å². The molecule has 2 aromatic rings. The number of rotatable bonds is 5. The molecule has 1 heterocycles. The topological polar surface area (TPSA) is 64.4 Å². The Bertz CT molecular complexity index is 680. The summed E-state index contributed by atoms with van der Waals surface area (Å²) in [6.45, 7) is 4.29. The average Bonchev–Trinajstić information content (AvgIpc) is 2.68. The third-order valence-corrected chi connectivity index (χ3v) is 4.21. The number of carboxylic acids is 1. The van der Waals surface area contributed by atoms with Gasteiger partial charge in [-0.2, -0.15) is 5.10 Å². The normalized spacial score (nSPS) is 10.7. The summed E-state index contributed by atoms with van der Waals surface area (Å²) in [6, 6.07) is 5.75. The van der Waals surface area contributed by atoms with E-state index in [4.69, 9.17) is 9.84 Å². The number of aliphatic carboxylic acids is 1. The number of methoxy groups -OCH3 is 1. The van der Waals surface area contributed by atoms with E-state index in [-0.39, 0.29) is 6.42 Å². The van der Waals surface area contributed by atoms with E-state index in [1.807, 2.05) is 36.7 Å². The molecular formula is C15H17BrN2O3. The summed E-state index contributed by atoms with van der Waals surface area (Å²) in [5.74, 6) is -0.0659. The van der Waals surface area contributed by atoms with Gasteiger partial charge in [-0.05, 0) is 37.6 Å². The predicted octanol–water partition coefficient (Wildman–Crippen LogP) is 2.95. The molecule has 0 atom stereocenters. The average molecular weight is 353 g/mol. The number of benzene rings is 1. The molecule has 0 aliphatic carbocycles. The van der Waals surface area contributed by atoms with Crippen molar-refractivity contribution in [1.29, 1.82) is 0 Å². The Labute approximate surface area is 131 Å². The molecule has 0 aliphatic rings. The van der Waals surface area contributed by atoms with Crippen LogP contribution in [-0.4, -0.2) is 28.0 Å². The monoisotopic (exact) mass is 352 g/mol.